The molecule has 40 heavy (non-hydrogen) atoms. The number of carbonyl (C=O) groups is 1. The molecular formula is C29H29Cl2F3N4O2. The van der Waals surface area contributed by atoms with E-state index in [2.05, 4.69) is 16.0 Å². The minimum atomic E-state index is -4.58. The number of nitrogens with zero attached hydrogens (tertiary/aromatic N) is 1. The molecule has 0 aromatic heterocycles. The van der Waals surface area contributed by atoms with Crippen LogP contribution in [0, 0.1) is 0 Å². The van der Waals surface area contributed by atoms with E-state index in [4.69, 9.17) is 27.9 Å². The molecule has 212 valence electrons. The van der Waals surface area contributed by atoms with E-state index in [9.17, 15) is 18.0 Å². The molecule has 0 saturated carbocycles. The Labute approximate surface area is 240 Å². The molecule has 2 atom stereocenters. The topological polar surface area (TPSA) is 65.6 Å². The largest absolute Gasteiger partial charge is 0.493 e. The smallest absolute Gasteiger partial charge is 0.416 e. The summed E-state index contributed by atoms with van der Waals surface area (Å²) in [5.41, 5.74) is -0.485. The number of hydrogen-bond donors (Lipinski definition) is 3. The van der Waals surface area contributed by atoms with Crippen LogP contribution in [0.1, 0.15) is 41.3 Å². The second-order valence-corrected chi connectivity index (χ2v) is 10.7. The predicted octanol–water partition coefficient (Wildman–Crippen LogP) is 5.67. The van der Waals surface area contributed by atoms with Crippen LogP contribution in [-0.2, 0) is 16.6 Å². The van der Waals surface area contributed by atoms with E-state index < -0.39 is 29.5 Å². The van der Waals surface area contributed by atoms with Crippen molar-refractivity contribution < 1.29 is 22.7 Å². The lowest BCUT2D eigenvalue weighted by molar-refractivity contribution is -0.140. The van der Waals surface area contributed by atoms with E-state index in [1.807, 2.05) is 24.3 Å². The first-order valence-corrected chi connectivity index (χ1v) is 13.8. The first kappa shape index (κ1) is 28.7. The number of benzene rings is 3. The van der Waals surface area contributed by atoms with Crippen molar-refractivity contribution in [3.63, 3.8) is 0 Å². The van der Waals surface area contributed by atoms with Gasteiger partial charge in [0.05, 0.1) is 24.3 Å². The Morgan fingerprint density at radius 1 is 0.925 bits per heavy atom. The highest BCUT2D eigenvalue weighted by atomic mass is 35.5. The molecule has 2 unspecified atom stereocenters. The fourth-order valence-corrected chi connectivity index (χ4v) is 5.60. The van der Waals surface area contributed by atoms with Crippen molar-refractivity contribution in [1.82, 2.24) is 20.9 Å². The molecule has 2 saturated heterocycles. The van der Waals surface area contributed by atoms with E-state index in [1.54, 1.807) is 36.1 Å². The Bertz CT molecular complexity index is 1290. The summed E-state index contributed by atoms with van der Waals surface area (Å²) in [6.07, 6.45) is -4.58. The fraction of sp³-hybridized carbons (Fsp3) is 0.345. The van der Waals surface area contributed by atoms with Crippen molar-refractivity contribution >= 4 is 29.1 Å². The van der Waals surface area contributed by atoms with Crippen LogP contribution in [0.2, 0.25) is 10.0 Å². The standard InChI is InChI=1S/C29H29Cl2F3N4O2/c1-2-40-24-17-20(29(32,33)34)7-12-23(24)28(27(39)38-15-13-35-14-16-38)36-25(18-3-8-21(30)9-4-18)26(37-28)19-5-10-22(31)11-6-19/h3-12,17,25-26,35-37H,2,13-16H2,1H3. The number of halogens is 5. The Morgan fingerprint density at radius 2 is 1.45 bits per heavy atom. The number of ether oxygens (including phenoxy) is 1. The zero-order chi connectivity index (χ0) is 28.5. The van der Waals surface area contributed by atoms with Gasteiger partial charge in [0.2, 0.25) is 0 Å². The van der Waals surface area contributed by atoms with Gasteiger partial charge in [0.1, 0.15) is 5.75 Å². The van der Waals surface area contributed by atoms with Crippen molar-refractivity contribution in [2.75, 3.05) is 32.8 Å². The maximum atomic E-state index is 14.5. The molecule has 0 spiro atoms. The minimum Gasteiger partial charge on any atom is -0.493 e. The average Bonchev–Trinajstić information content (AvgIpc) is 3.35. The third kappa shape index (κ3) is 5.66. The van der Waals surface area contributed by atoms with Crippen LogP contribution in [0.3, 0.4) is 0 Å². The van der Waals surface area contributed by atoms with Gasteiger partial charge in [-0.1, -0.05) is 53.5 Å². The first-order valence-electron chi connectivity index (χ1n) is 13.0. The van der Waals surface area contributed by atoms with Crippen LogP contribution < -0.4 is 20.7 Å². The summed E-state index contributed by atoms with van der Waals surface area (Å²) in [4.78, 5) is 16.2. The van der Waals surface area contributed by atoms with Gasteiger partial charge in [-0.25, -0.2) is 0 Å². The summed E-state index contributed by atoms with van der Waals surface area (Å²) in [6, 6.07) is 16.9. The summed E-state index contributed by atoms with van der Waals surface area (Å²) < 4.78 is 46.9. The van der Waals surface area contributed by atoms with Crippen LogP contribution in [-0.4, -0.2) is 43.6 Å². The summed E-state index contributed by atoms with van der Waals surface area (Å²) in [7, 11) is 0. The van der Waals surface area contributed by atoms with E-state index in [-0.39, 0.29) is 23.8 Å². The fourth-order valence-electron chi connectivity index (χ4n) is 5.35. The highest BCUT2D eigenvalue weighted by Gasteiger charge is 2.54. The molecule has 3 N–H and O–H groups in total. The van der Waals surface area contributed by atoms with E-state index in [1.165, 1.54) is 6.07 Å². The summed E-state index contributed by atoms with van der Waals surface area (Å²) in [6.45, 7) is 3.92. The van der Waals surface area contributed by atoms with Gasteiger partial charge >= 0.3 is 6.18 Å². The lowest BCUT2D eigenvalue weighted by Crippen LogP contribution is -2.61. The number of piperazine rings is 1. The monoisotopic (exact) mass is 592 g/mol. The summed E-state index contributed by atoms with van der Waals surface area (Å²) in [5.74, 6) is -0.322. The van der Waals surface area contributed by atoms with Crippen molar-refractivity contribution in [1.29, 1.82) is 0 Å². The minimum absolute atomic E-state index is 0.0209. The van der Waals surface area contributed by atoms with Gasteiger partial charge in [0.25, 0.3) is 5.91 Å². The van der Waals surface area contributed by atoms with Gasteiger partial charge < -0.3 is 15.0 Å². The van der Waals surface area contributed by atoms with Crippen LogP contribution in [0.4, 0.5) is 13.2 Å². The second-order valence-electron chi connectivity index (χ2n) is 9.78. The first-order chi connectivity index (χ1) is 19.1. The predicted molar refractivity (Wildman–Crippen MR) is 148 cm³/mol. The molecule has 3 aromatic carbocycles. The second kappa shape index (κ2) is 11.6. The van der Waals surface area contributed by atoms with Crippen LogP contribution in [0.15, 0.2) is 66.7 Å². The Morgan fingerprint density at radius 3 is 1.93 bits per heavy atom. The molecule has 5 rings (SSSR count). The molecule has 0 aliphatic carbocycles. The van der Waals surface area contributed by atoms with Gasteiger partial charge in [-0.3, -0.25) is 15.4 Å². The van der Waals surface area contributed by atoms with Crippen LogP contribution >= 0.6 is 23.2 Å². The van der Waals surface area contributed by atoms with E-state index in [0.29, 0.717) is 36.2 Å². The molecule has 11 heteroatoms. The Balaban J connectivity index is 1.70. The highest BCUT2D eigenvalue weighted by Crippen LogP contribution is 2.45. The number of rotatable bonds is 6. The molecule has 2 aliphatic rings. The summed E-state index contributed by atoms with van der Waals surface area (Å²) >= 11 is 12.3. The molecule has 0 bridgehead atoms. The van der Waals surface area contributed by atoms with Crippen molar-refractivity contribution in [2.45, 2.75) is 30.8 Å². The molecule has 2 fully saturated rings. The lowest BCUT2D eigenvalue weighted by atomic mass is 9.94. The van der Waals surface area contributed by atoms with E-state index >= 15 is 0 Å². The van der Waals surface area contributed by atoms with Crippen molar-refractivity contribution in [2.24, 2.45) is 0 Å². The average molecular weight is 593 g/mol. The zero-order valence-corrected chi connectivity index (χ0v) is 23.2. The maximum Gasteiger partial charge on any atom is 0.416 e. The molecule has 2 aliphatic heterocycles. The van der Waals surface area contributed by atoms with Crippen LogP contribution in [0.5, 0.6) is 5.75 Å². The molecule has 0 radical (unpaired) electrons. The molecular weight excluding hydrogens is 564 g/mol. The SMILES string of the molecule is CCOc1cc(C(F)(F)F)ccc1C1(C(=O)N2CCNCC2)NC(c2ccc(Cl)cc2)C(c2ccc(Cl)cc2)N1. The quantitative estimate of drug-likeness (QED) is 0.344. The highest BCUT2D eigenvalue weighted by molar-refractivity contribution is 6.30. The zero-order valence-electron chi connectivity index (χ0n) is 21.7. The normalized spacial score (nSPS) is 23.3. The number of alkyl halides is 3. The molecule has 1 amide bonds. The third-order valence-electron chi connectivity index (χ3n) is 7.27. The van der Waals surface area contributed by atoms with Gasteiger partial charge in [0.15, 0.2) is 5.66 Å². The lowest BCUT2D eigenvalue weighted by Gasteiger charge is -2.38. The van der Waals surface area contributed by atoms with Crippen molar-refractivity contribution in [3.8, 4) is 5.75 Å². The summed E-state index contributed by atoms with van der Waals surface area (Å²) in [5, 5.41) is 11.4. The molecule has 2 heterocycles. The molecule has 6 nitrogen and oxygen atoms in total. The number of nitrogens with one attached hydrogen (secondary N) is 3. The molecule has 3 aromatic rings. The van der Waals surface area contributed by atoms with Crippen LogP contribution in [0.25, 0.3) is 0 Å². The van der Waals surface area contributed by atoms with Gasteiger partial charge in [-0.05, 0) is 54.4 Å². The van der Waals surface area contributed by atoms with Gasteiger partial charge in [0, 0.05) is 41.8 Å². The number of amides is 1. The van der Waals surface area contributed by atoms with Gasteiger partial charge in [-0.15, -0.1) is 0 Å². The number of hydrogen-bond acceptors (Lipinski definition) is 5. The number of carbonyl (C=O) groups excluding carboxylic acids is 1. The maximum absolute atomic E-state index is 14.5. The van der Waals surface area contributed by atoms with Crippen molar-refractivity contribution in [3.05, 3.63) is 99.0 Å². The van der Waals surface area contributed by atoms with Gasteiger partial charge in [-0.2, -0.15) is 13.2 Å². The Hall–Kier alpha value is -2.82. The Kier molecular flexibility index (Phi) is 8.31. The third-order valence-corrected chi connectivity index (χ3v) is 7.78. The van der Waals surface area contributed by atoms with E-state index in [0.717, 1.165) is 23.3 Å².